The number of alkyl halides is 3. The molecule has 246 valence electrons. The minimum Gasteiger partial charge on any atom is -0.497 e. The number of nitrogens with zero attached hydrogens (tertiary/aromatic N) is 2. The molecule has 4 aromatic rings. The minimum atomic E-state index is -4.75. The number of benzene rings is 2. The van der Waals surface area contributed by atoms with Crippen molar-refractivity contribution in [2.75, 3.05) is 20.3 Å². The quantitative estimate of drug-likeness (QED) is 0.128. The number of hydrogen-bond donors (Lipinski definition) is 1. The molecule has 0 atom stereocenters. The first-order chi connectivity index (χ1) is 21.8. The van der Waals surface area contributed by atoms with Gasteiger partial charge >= 0.3 is 12.3 Å². The molecule has 0 saturated heterocycles. The van der Waals surface area contributed by atoms with Crippen LogP contribution in [0.5, 0.6) is 17.4 Å². The molecule has 0 radical (unpaired) electrons. The Bertz CT molecular complexity index is 1630. The van der Waals surface area contributed by atoms with Gasteiger partial charge in [0.05, 0.1) is 43.8 Å². The lowest BCUT2D eigenvalue weighted by atomic mass is 10.1. The van der Waals surface area contributed by atoms with E-state index in [0.717, 1.165) is 16.2 Å². The molecule has 0 aliphatic rings. The van der Waals surface area contributed by atoms with Crippen molar-refractivity contribution >= 4 is 6.09 Å². The second-order valence-electron chi connectivity index (χ2n) is 11.1. The van der Waals surface area contributed by atoms with E-state index in [2.05, 4.69) is 4.98 Å². The topological polar surface area (TPSA) is 101 Å². The molecule has 4 rings (SSSR count). The van der Waals surface area contributed by atoms with E-state index in [-0.39, 0.29) is 55.9 Å². The number of ether oxygens (including phenoxy) is 5. The maximum Gasteiger partial charge on any atom is 0.419 e. The lowest BCUT2D eigenvalue weighted by Crippen LogP contribution is -2.27. The minimum absolute atomic E-state index is 0.00471. The number of carbonyl (C=O) groups is 1. The van der Waals surface area contributed by atoms with Crippen molar-refractivity contribution in [3.8, 4) is 28.6 Å². The molecule has 2 aromatic heterocycles. The first-order valence-electron chi connectivity index (χ1n) is 14.1. The lowest BCUT2D eigenvalue weighted by molar-refractivity contribution is -0.137. The molecule has 0 unspecified atom stereocenters. The summed E-state index contributed by atoms with van der Waals surface area (Å²) in [5.41, 5.74) is -0.633. The van der Waals surface area contributed by atoms with Crippen molar-refractivity contribution < 1.29 is 51.1 Å². The summed E-state index contributed by atoms with van der Waals surface area (Å²) in [5, 5.41) is 8.84. The maximum absolute atomic E-state index is 14.5. The molecule has 9 nitrogen and oxygen atoms in total. The van der Waals surface area contributed by atoms with E-state index in [4.69, 9.17) is 28.8 Å². The van der Waals surface area contributed by atoms with Crippen LogP contribution in [0.3, 0.4) is 0 Å². The number of halogens is 4. The average Bonchev–Trinajstić information content (AvgIpc) is 3.46. The Balaban J connectivity index is 1.67. The van der Waals surface area contributed by atoms with Crippen molar-refractivity contribution in [3.05, 3.63) is 95.1 Å². The van der Waals surface area contributed by atoms with E-state index in [9.17, 15) is 22.4 Å². The molecule has 0 fully saturated rings. The van der Waals surface area contributed by atoms with E-state index in [1.165, 1.54) is 31.5 Å². The van der Waals surface area contributed by atoms with Crippen LogP contribution in [0.25, 0.3) is 11.3 Å². The Morgan fingerprint density at radius 1 is 0.935 bits per heavy atom. The van der Waals surface area contributed by atoms with E-state index in [1.807, 2.05) is 0 Å². The maximum atomic E-state index is 14.5. The van der Waals surface area contributed by atoms with Crippen LogP contribution in [-0.4, -0.2) is 46.7 Å². The van der Waals surface area contributed by atoms with Crippen LogP contribution in [0.15, 0.2) is 67.0 Å². The standard InChI is InChI=1S/C33H34F4N2O7/c1-32(2,3)46-31(41)39-17-24(33(35,36)37)14-28(39)26-16-38-30(15-29(26)44-18-21-6-9-25(42-4)10-7-21)45-19-22-5-8-23(27(34)13-22)20-43-12-11-40/h5-10,13-17,40H,11-12,18-20H2,1-4H3. The molecule has 1 N–H and O–H groups in total. The Labute approximate surface area is 263 Å². The van der Waals surface area contributed by atoms with Gasteiger partial charge in [-0.15, -0.1) is 0 Å². The molecule has 0 amide bonds. The van der Waals surface area contributed by atoms with Crippen LogP contribution in [-0.2, 0) is 35.5 Å². The number of aromatic nitrogens is 2. The zero-order valence-electron chi connectivity index (χ0n) is 25.7. The van der Waals surface area contributed by atoms with Crippen LogP contribution >= 0.6 is 0 Å². The van der Waals surface area contributed by atoms with Crippen molar-refractivity contribution in [1.82, 2.24) is 9.55 Å². The number of aliphatic hydroxyl groups is 1. The molecule has 0 saturated carbocycles. The lowest BCUT2D eigenvalue weighted by Gasteiger charge is -2.21. The van der Waals surface area contributed by atoms with Gasteiger partial charge in [0.1, 0.15) is 36.1 Å². The SMILES string of the molecule is COc1ccc(COc2cc(OCc3ccc(COCCO)c(F)c3)ncc2-c2cc(C(F)(F)F)cn2C(=O)OC(C)(C)C)cc1. The molecule has 0 bridgehead atoms. The fourth-order valence-electron chi connectivity index (χ4n) is 4.18. The zero-order chi connectivity index (χ0) is 33.5. The third-order valence-electron chi connectivity index (χ3n) is 6.41. The fourth-order valence-corrected chi connectivity index (χ4v) is 4.18. The second-order valence-corrected chi connectivity index (χ2v) is 11.1. The van der Waals surface area contributed by atoms with Gasteiger partial charge in [-0.05, 0) is 56.2 Å². The van der Waals surface area contributed by atoms with Gasteiger partial charge in [-0.25, -0.2) is 14.2 Å². The molecule has 13 heteroatoms. The number of carbonyl (C=O) groups excluding carboxylic acids is 1. The first kappa shape index (κ1) is 34.3. The molecule has 46 heavy (non-hydrogen) atoms. The van der Waals surface area contributed by atoms with Gasteiger partial charge in [-0.3, -0.25) is 4.57 Å². The number of methoxy groups -OCH3 is 1. The molecular weight excluding hydrogens is 612 g/mol. The summed E-state index contributed by atoms with van der Waals surface area (Å²) < 4.78 is 84.3. The molecule has 2 aromatic carbocycles. The number of rotatable bonds is 12. The molecule has 0 aliphatic carbocycles. The highest BCUT2D eigenvalue weighted by Crippen LogP contribution is 2.38. The average molecular weight is 647 g/mol. The summed E-state index contributed by atoms with van der Waals surface area (Å²) in [4.78, 5) is 17.3. The highest BCUT2D eigenvalue weighted by Gasteiger charge is 2.35. The summed E-state index contributed by atoms with van der Waals surface area (Å²) in [7, 11) is 1.53. The van der Waals surface area contributed by atoms with Crippen molar-refractivity contribution in [2.24, 2.45) is 0 Å². The van der Waals surface area contributed by atoms with Gasteiger partial charge in [0.15, 0.2) is 0 Å². The Kier molecular flexibility index (Phi) is 10.9. The first-order valence-corrected chi connectivity index (χ1v) is 14.1. The summed E-state index contributed by atoms with van der Waals surface area (Å²) in [5.74, 6) is 0.214. The Morgan fingerprint density at radius 2 is 1.63 bits per heavy atom. The Hall–Kier alpha value is -4.62. The van der Waals surface area contributed by atoms with E-state index >= 15 is 0 Å². The van der Waals surface area contributed by atoms with Gasteiger partial charge in [0.2, 0.25) is 5.88 Å². The summed E-state index contributed by atoms with van der Waals surface area (Å²) in [6.07, 6.45) is -3.88. The Morgan fingerprint density at radius 3 is 2.26 bits per heavy atom. The normalized spacial score (nSPS) is 11.8. The largest absolute Gasteiger partial charge is 0.497 e. The predicted octanol–water partition coefficient (Wildman–Crippen LogP) is 7.17. The van der Waals surface area contributed by atoms with E-state index < -0.39 is 29.3 Å². The molecule has 0 spiro atoms. The number of hydrogen-bond acceptors (Lipinski definition) is 8. The second kappa shape index (κ2) is 14.6. The van der Waals surface area contributed by atoms with Crippen LogP contribution < -0.4 is 14.2 Å². The predicted molar refractivity (Wildman–Crippen MR) is 159 cm³/mol. The van der Waals surface area contributed by atoms with Crippen LogP contribution in [0.1, 0.15) is 43.0 Å². The smallest absolute Gasteiger partial charge is 0.419 e. The number of pyridine rings is 1. The highest BCUT2D eigenvalue weighted by atomic mass is 19.4. The summed E-state index contributed by atoms with van der Waals surface area (Å²) in [6, 6.07) is 13.6. The van der Waals surface area contributed by atoms with E-state index in [0.29, 0.717) is 23.1 Å². The monoisotopic (exact) mass is 646 g/mol. The zero-order valence-corrected chi connectivity index (χ0v) is 25.7. The number of aliphatic hydroxyl groups excluding tert-OH is 1. The van der Waals surface area contributed by atoms with Crippen molar-refractivity contribution in [3.63, 3.8) is 0 Å². The summed E-state index contributed by atoms with van der Waals surface area (Å²) in [6.45, 7) is 4.60. The van der Waals surface area contributed by atoms with Crippen molar-refractivity contribution in [1.29, 1.82) is 0 Å². The van der Waals surface area contributed by atoms with Gasteiger partial charge in [0, 0.05) is 24.0 Å². The fraction of sp³-hybridized carbons (Fsp3) is 0.333. The van der Waals surface area contributed by atoms with Crippen LogP contribution in [0, 0.1) is 5.82 Å². The highest BCUT2D eigenvalue weighted by molar-refractivity contribution is 5.81. The van der Waals surface area contributed by atoms with Crippen molar-refractivity contribution in [2.45, 2.75) is 52.4 Å². The van der Waals surface area contributed by atoms with Gasteiger partial charge in [-0.2, -0.15) is 13.2 Å². The van der Waals surface area contributed by atoms with E-state index in [1.54, 1.807) is 51.1 Å². The molecule has 2 heterocycles. The van der Waals surface area contributed by atoms with Gasteiger partial charge < -0.3 is 28.8 Å². The third kappa shape index (κ3) is 9.21. The molecule has 0 aliphatic heterocycles. The van der Waals surface area contributed by atoms with Gasteiger partial charge in [0.25, 0.3) is 0 Å². The van der Waals surface area contributed by atoms with Crippen LogP contribution in [0.4, 0.5) is 22.4 Å². The third-order valence-corrected chi connectivity index (χ3v) is 6.41. The molecular formula is C33H34F4N2O7. The van der Waals surface area contributed by atoms with Crippen LogP contribution in [0.2, 0.25) is 0 Å². The summed E-state index contributed by atoms with van der Waals surface area (Å²) >= 11 is 0. The van der Waals surface area contributed by atoms with Gasteiger partial charge in [-0.1, -0.05) is 24.3 Å².